The first-order valence-corrected chi connectivity index (χ1v) is 9.59. The molecule has 0 unspecified atom stereocenters. The van der Waals surface area contributed by atoms with Gasteiger partial charge in [0.05, 0.1) is 15.6 Å². The highest BCUT2D eigenvalue weighted by Gasteiger charge is 2.11. The van der Waals surface area contributed by atoms with Gasteiger partial charge >= 0.3 is 0 Å². The summed E-state index contributed by atoms with van der Waals surface area (Å²) in [5.74, 6) is -0.322. The van der Waals surface area contributed by atoms with Crippen molar-refractivity contribution in [2.45, 2.75) is 16.7 Å². The summed E-state index contributed by atoms with van der Waals surface area (Å²) >= 11 is 13.4. The standard InChI is InChI=1S/C21H14Cl2N2OS/c1-13-4-2-3-5-19(13)27-20-9-7-16(10-15(20)12-24)25-21(26)14-6-8-17(22)18(23)11-14/h2-11H,1H3,(H,25,26). The number of nitrogens with one attached hydrogen (secondary N) is 1. The van der Waals surface area contributed by atoms with Crippen LogP contribution in [0.2, 0.25) is 10.0 Å². The van der Waals surface area contributed by atoms with Crippen LogP contribution < -0.4 is 5.32 Å². The molecule has 0 bridgehead atoms. The van der Waals surface area contributed by atoms with E-state index in [-0.39, 0.29) is 5.91 Å². The van der Waals surface area contributed by atoms with Crippen molar-refractivity contribution < 1.29 is 4.79 Å². The molecule has 0 aromatic heterocycles. The van der Waals surface area contributed by atoms with E-state index in [4.69, 9.17) is 23.2 Å². The molecule has 0 aliphatic rings. The number of nitrogens with zero attached hydrogens (tertiary/aromatic N) is 1. The predicted octanol–water partition coefficient (Wildman–Crippen LogP) is 6.58. The van der Waals surface area contributed by atoms with Crippen LogP contribution in [0.4, 0.5) is 5.69 Å². The summed E-state index contributed by atoms with van der Waals surface area (Å²) in [6.07, 6.45) is 0. The van der Waals surface area contributed by atoms with Gasteiger partial charge in [0.2, 0.25) is 0 Å². The van der Waals surface area contributed by atoms with E-state index >= 15 is 0 Å². The number of aryl methyl sites for hydroxylation is 1. The molecule has 3 nitrogen and oxygen atoms in total. The summed E-state index contributed by atoms with van der Waals surface area (Å²) in [7, 11) is 0. The molecular weight excluding hydrogens is 399 g/mol. The maximum Gasteiger partial charge on any atom is 0.255 e. The van der Waals surface area contributed by atoms with Crippen LogP contribution in [-0.2, 0) is 0 Å². The Labute approximate surface area is 171 Å². The summed E-state index contributed by atoms with van der Waals surface area (Å²) in [5, 5.41) is 13.0. The minimum absolute atomic E-state index is 0.312. The maximum atomic E-state index is 12.4. The summed E-state index contributed by atoms with van der Waals surface area (Å²) in [6.45, 7) is 2.03. The fraction of sp³-hybridized carbons (Fsp3) is 0.0476. The number of halogens is 2. The van der Waals surface area contributed by atoms with Crippen LogP contribution in [0.25, 0.3) is 0 Å². The van der Waals surface area contributed by atoms with E-state index in [2.05, 4.69) is 11.4 Å². The normalized spacial score (nSPS) is 10.3. The Hall–Kier alpha value is -2.45. The molecule has 0 fully saturated rings. The van der Waals surface area contributed by atoms with Crippen LogP contribution in [0, 0.1) is 18.3 Å². The highest BCUT2D eigenvalue weighted by Crippen LogP contribution is 2.33. The molecule has 134 valence electrons. The van der Waals surface area contributed by atoms with E-state index in [1.165, 1.54) is 17.8 Å². The Morgan fingerprint density at radius 1 is 1.00 bits per heavy atom. The van der Waals surface area contributed by atoms with Crippen molar-refractivity contribution in [3.8, 4) is 6.07 Å². The first kappa shape index (κ1) is 19.3. The van der Waals surface area contributed by atoms with Gasteiger partial charge in [-0.1, -0.05) is 53.2 Å². The number of benzene rings is 3. The molecule has 0 atom stereocenters. The lowest BCUT2D eigenvalue weighted by molar-refractivity contribution is 0.102. The van der Waals surface area contributed by atoms with Gasteiger partial charge in [-0.15, -0.1) is 0 Å². The molecule has 27 heavy (non-hydrogen) atoms. The van der Waals surface area contributed by atoms with Gasteiger partial charge in [0.15, 0.2) is 0 Å². The average molecular weight is 413 g/mol. The quantitative estimate of drug-likeness (QED) is 0.526. The number of rotatable bonds is 4. The topological polar surface area (TPSA) is 52.9 Å². The van der Waals surface area contributed by atoms with E-state index in [1.807, 2.05) is 37.3 Å². The Balaban J connectivity index is 1.81. The second-order valence-electron chi connectivity index (χ2n) is 5.77. The van der Waals surface area contributed by atoms with Crippen LogP contribution in [0.5, 0.6) is 0 Å². The van der Waals surface area contributed by atoms with Crippen LogP contribution in [0.15, 0.2) is 70.5 Å². The number of carbonyl (C=O) groups excluding carboxylic acids is 1. The number of carbonyl (C=O) groups is 1. The SMILES string of the molecule is Cc1ccccc1Sc1ccc(NC(=O)c2ccc(Cl)c(Cl)c2)cc1C#N. The Morgan fingerprint density at radius 3 is 2.48 bits per heavy atom. The van der Waals surface area contributed by atoms with Crippen molar-refractivity contribution in [1.82, 2.24) is 0 Å². The van der Waals surface area contributed by atoms with Crippen molar-refractivity contribution in [2.75, 3.05) is 5.32 Å². The van der Waals surface area contributed by atoms with Gasteiger partial charge in [0.25, 0.3) is 5.91 Å². The van der Waals surface area contributed by atoms with E-state index in [0.717, 1.165) is 15.4 Å². The van der Waals surface area contributed by atoms with E-state index in [9.17, 15) is 10.1 Å². The van der Waals surface area contributed by atoms with Crippen molar-refractivity contribution in [3.05, 3.63) is 87.4 Å². The molecule has 0 radical (unpaired) electrons. The number of anilines is 1. The fourth-order valence-electron chi connectivity index (χ4n) is 2.41. The van der Waals surface area contributed by atoms with Crippen LogP contribution >= 0.6 is 35.0 Å². The molecule has 0 aliphatic heterocycles. The van der Waals surface area contributed by atoms with Crippen LogP contribution in [0.1, 0.15) is 21.5 Å². The molecular formula is C21H14Cl2N2OS. The third-order valence-electron chi connectivity index (χ3n) is 3.85. The largest absolute Gasteiger partial charge is 0.322 e. The van der Waals surface area contributed by atoms with E-state index in [1.54, 1.807) is 24.3 Å². The lowest BCUT2D eigenvalue weighted by Gasteiger charge is -2.10. The molecule has 0 saturated carbocycles. The molecule has 0 spiro atoms. The van der Waals surface area contributed by atoms with Crippen molar-refractivity contribution >= 4 is 46.6 Å². The van der Waals surface area contributed by atoms with Gasteiger partial charge in [0.1, 0.15) is 6.07 Å². The van der Waals surface area contributed by atoms with Crippen LogP contribution in [-0.4, -0.2) is 5.91 Å². The lowest BCUT2D eigenvalue weighted by Crippen LogP contribution is -2.12. The molecule has 1 amide bonds. The monoisotopic (exact) mass is 412 g/mol. The van der Waals surface area contributed by atoms with Gasteiger partial charge < -0.3 is 5.32 Å². The number of hydrogen-bond donors (Lipinski definition) is 1. The Bertz CT molecular complexity index is 1060. The molecule has 0 heterocycles. The van der Waals surface area contributed by atoms with E-state index in [0.29, 0.717) is 26.9 Å². The summed E-state index contributed by atoms with van der Waals surface area (Å²) in [6, 6.07) is 20.1. The lowest BCUT2D eigenvalue weighted by atomic mass is 10.2. The van der Waals surface area contributed by atoms with E-state index < -0.39 is 0 Å². The minimum atomic E-state index is -0.322. The average Bonchev–Trinajstić information content (AvgIpc) is 2.66. The molecule has 0 saturated heterocycles. The number of hydrogen-bond acceptors (Lipinski definition) is 3. The van der Waals surface area contributed by atoms with Gasteiger partial charge in [-0.3, -0.25) is 4.79 Å². The molecule has 1 N–H and O–H groups in total. The highest BCUT2D eigenvalue weighted by molar-refractivity contribution is 7.99. The summed E-state index contributed by atoms with van der Waals surface area (Å²) < 4.78 is 0. The third-order valence-corrected chi connectivity index (χ3v) is 5.85. The maximum absolute atomic E-state index is 12.4. The second kappa shape index (κ2) is 8.49. The van der Waals surface area contributed by atoms with Crippen molar-refractivity contribution in [3.63, 3.8) is 0 Å². The van der Waals surface area contributed by atoms with Gasteiger partial charge in [-0.05, 0) is 55.0 Å². The molecule has 0 aliphatic carbocycles. The zero-order chi connectivity index (χ0) is 19.4. The molecule has 3 aromatic carbocycles. The van der Waals surface area contributed by atoms with Crippen molar-refractivity contribution in [1.29, 1.82) is 5.26 Å². The third kappa shape index (κ3) is 4.64. The molecule has 3 aromatic rings. The van der Waals surface area contributed by atoms with Gasteiger partial charge in [-0.25, -0.2) is 0 Å². The zero-order valence-corrected chi connectivity index (χ0v) is 16.6. The minimum Gasteiger partial charge on any atom is -0.322 e. The fourth-order valence-corrected chi connectivity index (χ4v) is 3.68. The van der Waals surface area contributed by atoms with Gasteiger partial charge in [0, 0.05) is 21.0 Å². The predicted molar refractivity (Wildman–Crippen MR) is 111 cm³/mol. The Morgan fingerprint density at radius 2 is 1.78 bits per heavy atom. The smallest absolute Gasteiger partial charge is 0.255 e. The molecule has 6 heteroatoms. The first-order chi connectivity index (χ1) is 13.0. The summed E-state index contributed by atoms with van der Waals surface area (Å²) in [5.41, 5.74) is 2.57. The van der Waals surface area contributed by atoms with Gasteiger partial charge in [-0.2, -0.15) is 5.26 Å². The second-order valence-corrected chi connectivity index (χ2v) is 7.67. The van der Waals surface area contributed by atoms with Crippen molar-refractivity contribution in [2.24, 2.45) is 0 Å². The zero-order valence-electron chi connectivity index (χ0n) is 14.3. The number of nitriles is 1. The highest BCUT2D eigenvalue weighted by atomic mass is 35.5. The van der Waals surface area contributed by atoms with Crippen LogP contribution in [0.3, 0.4) is 0 Å². The first-order valence-electron chi connectivity index (χ1n) is 8.02. The summed E-state index contributed by atoms with van der Waals surface area (Å²) in [4.78, 5) is 14.3. The number of amides is 1. The Kier molecular flexibility index (Phi) is 6.08. The molecule has 3 rings (SSSR count).